The van der Waals surface area contributed by atoms with E-state index in [9.17, 15) is 9.59 Å². The summed E-state index contributed by atoms with van der Waals surface area (Å²) >= 11 is 0. The number of ether oxygens (including phenoxy) is 1. The van der Waals surface area contributed by atoms with Crippen LogP contribution in [-0.2, 0) is 9.53 Å². The van der Waals surface area contributed by atoms with Crippen LogP contribution in [0.25, 0.3) is 10.9 Å². The van der Waals surface area contributed by atoms with Gasteiger partial charge in [-0.2, -0.15) is 10.2 Å². The number of amides is 1. The molecule has 1 saturated heterocycles. The molecule has 0 aliphatic carbocycles. The van der Waals surface area contributed by atoms with Crippen LogP contribution in [0.5, 0.6) is 0 Å². The summed E-state index contributed by atoms with van der Waals surface area (Å²) in [6.07, 6.45) is 5.53. The van der Waals surface area contributed by atoms with E-state index in [4.69, 9.17) is 4.74 Å². The van der Waals surface area contributed by atoms with Gasteiger partial charge in [0.1, 0.15) is 0 Å². The van der Waals surface area contributed by atoms with Crippen LogP contribution in [-0.4, -0.2) is 80.1 Å². The maximum Gasteiger partial charge on any atom is 0.275 e. The van der Waals surface area contributed by atoms with Gasteiger partial charge in [-0.1, -0.05) is 0 Å². The van der Waals surface area contributed by atoms with Crippen LogP contribution in [0.4, 0.5) is 5.95 Å². The Morgan fingerprint density at radius 2 is 1.88 bits per heavy atom. The van der Waals surface area contributed by atoms with Gasteiger partial charge >= 0.3 is 0 Å². The highest BCUT2D eigenvalue weighted by Crippen LogP contribution is 2.17. The molecule has 0 bridgehead atoms. The molecule has 1 atom stereocenters. The fraction of sp³-hybridized carbons (Fsp3) is 0.524. The predicted octanol–water partition coefficient (Wildman–Crippen LogP) is 0.843. The Labute approximate surface area is 185 Å². The lowest BCUT2D eigenvalue weighted by Crippen LogP contribution is -2.49. The number of aryl methyl sites for hydroxylation is 2. The van der Waals surface area contributed by atoms with Crippen molar-refractivity contribution in [3.05, 3.63) is 40.2 Å². The maximum atomic E-state index is 12.5. The highest BCUT2D eigenvalue weighted by atomic mass is 16.5. The molecule has 4 heterocycles. The standard InChI is InChI=1S/C21H28N8O3/c1-14-10-22-21(23-11-14)28-7-5-27(6-8-28)18(30)4-9-32-13-15(2)29-17-12-24-25-20(31)19(17)16(3)26-29/h10-12,15H,4-9,13H2,1-3H3,(H,25,31). The van der Waals surface area contributed by atoms with E-state index in [-0.39, 0.29) is 17.5 Å². The summed E-state index contributed by atoms with van der Waals surface area (Å²) < 4.78 is 7.51. The fourth-order valence-corrected chi connectivity index (χ4v) is 3.86. The Hall–Kier alpha value is -3.34. The van der Waals surface area contributed by atoms with Crippen molar-refractivity contribution in [1.82, 2.24) is 34.8 Å². The van der Waals surface area contributed by atoms with Gasteiger partial charge in [0.2, 0.25) is 11.9 Å². The lowest BCUT2D eigenvalue weighted by Gasteiger charge is -2.34. The second-order valence-corrected chi connectivity index (χ2v) is 8.09. The van der Waals surface area contributed by atoms with Gasteiger partial charge in [-0.15, -0.1) is 0 Å². The minimum absolute atomic E-state index is 0.0817. The number of nitrogens with zero attached hydrogens (tertiary/aromatic N) is 7. The number of aromatic amines is 1. The number of carbonyl (C=O) groups excluding carboxylic acids is 1. The first-order valence-corrected chi connectivity index (χ1v) is 10.8. The van der Waals surface area contributed by atoms with Gasteiger partial charge in [0, 0.05) is 38.6 Å². The first kappa shape index (κ1) is 21.9. The summed E-state index contributed by atoms with van der Waals surface area (Å²) in [6.45, 7) is 9.15. The van der Waals surface area contributed by atoms with E-state index < -0.39 is 0 Å². The van der Waals surface area contributed by atoms with Crippen molar-refractivity contribution in [2.75, 3.05) is 44.3 Å². The zero-order valence-corrected chi connectivity index (χ0v) is 18.6. The summed E-state index contributed by atoms with van der Waals surface area (Å²) in [7, 11) is 0. The van der Waals surface area contributed by atoms with Crippen LogP contribution in [0.15, 0.2) is 23.4 Å². The van der Waals surface area contributed by atoms with Crippen molar-refractivity contribution in [3.8, 4) is 0 Å². The Balaban J connectivity index is 1.22. The summed E-state index contributed by atoms with van der Waals surface area (Å²) in [5, 5.41) is 11.3. The molecule has 0 spiro atoms. The normalized spacial score (nSPS) is 15.3. The molecular formula is C21H28N8O3. The molecule has 1 fully saturated rings. The molecule has 0 radical (unpaired) electrons. The third-order valence-corrected chi connectivity index (χ3v) is 5.62. The molecular weight excluding hydrogens is 412 g/mol. The molecule has 1 aliphatic rings. The number of H-pyrrole nitrogens is 1. The van der Waals surface area contributed by atoms with Crippen LogP contribution in [0.3, 0.4) is 0 Å². The van der Waals surface area contributed by atoms with Crippen molar-refractivity contribution in [2.24, 2.45) is 0 Å². The highest BCUT2D eigenvalue weighted by Gasteiger charge is 2.22. The molecule has 4 rings (SSSR count). The van der Waals surface area contributed by atoms with E-state index in [1.165, 1.54) is 0 Å². The van der Waals surface area contributed by atoms with Gasteiger partial charge in [-0.3, -0.25) is 14.3 Å². The molecule has 32 heavy (non-hydrogen) atoms. The Bertz CT molecular complexity index is 1130. The van der Waals surface area contributed by atoms with Crippen molar-refractivity contribution in [2.45, 2.75) is 33.2 Å². The van der Waals surface area contributed by atoms with Crippen molar-refractivity contribution >= 4 is 22.8 Å². The van der Waals surface area contributed by atoms with Gasteiger partial charge in [-0.05, 0) is 26.3 Å². The molecule has 11 nitrogen and oxygen atoms in total. The second-order valence-electron chi connectivity index (χ2n) is 8.09. The number of hydrogen-bond donors (Lipinski definition) is 1. The van der Waals surface area contributed by atoms with E-state index >= 15 is 0 Å². The zero-order chi connectivity index (χ0) is 22.7. The average molecular weight is 441 g/mol. The maximum absolute atomic E-state index is 12.5. The van der Waals surface area contributed by atoms with Gasteiger partial charge in [0.15, 0.2) is 0 Å². The van der Waals surface area contributed by atoms with Crippen LogP contribution in [0.1, 0.15) is 30.6 Å². The number of hydrogen-bond acceptors (Lipinski definition) is 8. The van der Waals surface area contributed by atoms with E-state index in [2.05, 4.69) is 30.2 Å². The van der Waals surface area contributed by atoms with Crippen LogP contribution in [0.2, 0.25) is 0 Å². The number of fused-ring (bicyclic) bond motifs is 1. The Kier molecular flexibility index (Phi) is 6.45. The van der Waals surface area contributed by atoms with Crippen LogP contribution in [0, 0.1) is 13.8 Å². The van der Waals surface area contributed by atoms with Crippen molar-refractivity contribution in [1.29, 1.82) is 0 Å². The number of rotatable bonds is 7. The summed E-state index contributed by atoms with van der Waals surface area (Å²) in [5.41, 5.74) is 2.10. The first-order chi connectivity index (χ1) is 15.4. The fourth-order valence-electron chi connectivity index (χ4n) is 3.86. The largest absolute Gasteiger partial charge is 0.379 e. The highest BCUT2D eigenvalue weighted by molar-refractivity contribution is 5.79. The molecule has 1 unspecified atom stereocenters. The SMILES string of the molecule is Cc1cnc(N2CCN(C(=O)CCOCC(C)n3nc(C)c4c(=O)[nH]ncc43)CC2)nc1. The number of aromatic nitrogens is 6. The molecule has 11 heteroatoms. The molecule has 0 saturated carbocycles. The minimum atomic E-state index is -0.251. The minimum Gasteiger partial charge on any atom is -0.379 e. The molecule has 1 aliphatic heterocycles. The third kappa shape index (κ3) is 4.62. The molecule has 3 aromatic heterocycles. The van der Waals surface area contributed by atoms with E-state index in [0.717, 1.165) is 5.56 Å². The monoisotopic (exact) mass is 440 g/mol. The number of anilines is 1. The molecule has 1 N–H and O–H groups in total. The van der Waals surface area contributed by atoms with Gasteiger partial charge in [-0.25, -0.2) is 15.1 Å². The molecule has 3 aromatic rings. The van der Waals surface area contributed by atoms with E-state index in [0.29, 0.717) is 68.4 Å². The summed E-state index contributed by atoms with van der Waals surface area (Å²) in [4.78, 5) is 37.2. The lowest BCUT2D eigenvalue weighted by molar-refractivity contribution is -0.132. The smallest absolute Gasteiger partial charge is 0.275 e. The van der Waals surface area contributed by atoms with Crippen molar-refractivity contribution in [3.63, 3.8) is 0 Å². The van der Waals surface area contributed by atoms with Crippen molar-refractivity contribution < 1.29 is 9.53 Å². The number of piperazine rings is 1. The predicted molar refractivity (Wildman–Crippen MR) is 119 cm³/mol. The zero-order valence-electron chi connectivity index (χ0n) is 18.6. The number of carbonyl (C=O) groups is 1. The summed E-state index contributed by atoms with van der Waals surface area (Å²) in [6, 6.07) is -0.0945. The van der Waals surface area contributed by atoms with E-state index in [1.54, 1.807) is 30.2 Å². The molecule has 1 amide bonds. The van der Waals surface area contributed by atoms with Gasteiger partial charge in [0.05, 0.1) is 48.5 Å². The molecule has 170 valence electrons. The van der Waals surface area contributed by atoms with Crippen LogP contribution < -0.4 is 10.5 Å². The third-order valence-electron chi connectivity index (χ3n) is 5.62. The average Bonchev–Trinajstić information content (AvgIpc) is 3.15. The first-order valence-electron chi connectivity index (χ1n) is 10.8. The summed E-state index contributed by atoms with van der Waals surface area (Å²) in [5.74, 6) is 0.789. The lowest BCUT2D eigenvalue weighted by atomic mass is 10.3. The van der Waals surface area contributed by atoms with Crippen LogP contribution >= 0.6 is 0 Å². The van der Waals surface area contributed by atoms with E-state index in [1.807, 2.05) is 18.7 Å². The second kappa shape index (κ2) is 9.43. The molecule has 0 aromatic carbocycles. The van der Waals surface area contributed by atoms with Gasteiger partial charge < -0.3 is 14.5 Å². The quantitative estimate of drug-likeness (QED) is 0.537. The Morgan fingerprint density at radius 3 is 2.59 bits per heavy atom. The Morgan fingerprint density at radius 1 is 1.16 bits per heavy atom. The number of nitrogens with one attached hydrogen (secondary N) is 1. The topological polar surface area (TPSA) is 122 Å². The van der Waals surface area contributed by atoms with Gasteiger partial charge in [0.25, 0.3) is 5.56 Å².